The van der Waals surface area contributed by atoms with Crippen molar-refractivity contribution < 1.29 is 9.53 Å². The van der Waals surface area contributed by atoms with E-state index >= 15 is 0 Å². The Bertz CT molecular complexity index is 451. The molecule has 5 nitrogen and oxygen atoms in total. The number of nitrogen functional groups attached to an aromatic ring is 1. The highest BCUT2D eigenvalue weighted by Crippen LogP contribution is 2.08. The first-order valence-electron chi connectivity index (χ1n) is 4.56. The fraction of sp³-hybridized carbons (Fsp3) is 0.300. The number of ether oxygens (including phenoxy) is 1. The predicted octanol–water partition coefficient (Wildman–Crippen LogP) is 1.02. The van der Waals surface area contributed by atoms with E-state index in [1.165, 1.54) is 6.20 Å². The van der Waals surface area contributed by atoms with E-state index in [9.17, 15) is 4.79 Å². The lowest BCUT2D eigenvalue weighted by molar-refractivity contribution is -0.141. The molecule has 0 saturated heterocycles. The quantitative estimate of drug-likeness (QED) is 0.616. The molecule has 0 radical (unpaired) electrons. The van der Waals surface area contributed by atoms with Crippen molar-refractivity contribution in [3.8, 4) is 11.8 Å². The highest BCUT2D eigenvalue weighted by molar-refractivity contribution is 6.29. The molecule has 6 heteroatoms. The minimum atomic E-state index is -0.386. The number of esters is 1. The summed E-state index contributed by atoms with van der Waals surface area (Å²) in [5, 5.41) is 0.203. The lowest BCUT2D eigenvalue weighted by atomic mass is 10.3. The molecule has 1 heterocycles. The van der Waals surface area contributed by atoms with Gasteiger partial charge in [-0.25, -0.2) is 9.97 Å². The summed E-state index contributed by atoms with van der Waals surface area (Å²) in [6, 6.07) is 0. The largest absolute Gasteiger partial charge is 0.465 e. The highest BCUT2D eigenvalue weighted by atomic mass is 35.5. The maximum absolute atomic E-state index is 11.0. The molecule has 0 aromatic carbocycles. The van der Waals surface area contributed by atoms with Gasteiger partial charge >= 0.3 is 5.97 Å². The van der Waals surface area contributed by atoms with Gasteiger partial charge in [0.25, 0.3) is 0 Å². The lowest BCUT2D eigenvalue weighted by Crippen LogP contribution is -2.02. The number of hydrogen-bond acceptors (Lipinski definition) is 5. The summed E-state index contributed by atoms with van der Waals surface area (Å²) in [5.41, 5.74) is 5.77. The summed E-state index contributed by atoms with van der Waals surface area (Å²) in [4.78, 5) is 18.6. The monoisotopic (exact) mass is 239 g/mol. The van der Waals surface area contributed by atoms with Crippen LogP contribution in [0.3, 0.4) is 0 Å². The van der Waals surface area contributed by atoms with Crippen molar-refractivity contribution in [2.75, 3.05) is 12.3 Å². The third kappa shape index (κ3) is 3.75. The summed E-state index contributed by atoms with van der Waals surface area (Å²) in [6.07, 6.45) is 1.31. The first-order chi connectivity index (χ1) is 7.63. The van der Waals surface area contributed by atoms with Gasteiger partial charge in [0, 0.05) is 0 Å². The fourth-order valence-electron chi connectivity index (χ4n) is 0.881. The maximum atomic E-state index is 11.0. The molecule has 1 rings (SSSR count). The Morgan fingerprint density at radius 3 is 3.12 bits per heavy atom. The van der Waals surface area contributed by atoms with Gasteiger partial charge in [0.2, 0.25) is 0 Å². The maximum Gasteiger partial charge on any atom is 0.317 e. The van der Waals surface area contributed by atoms with Crippen LogP contribution in [0.25, 0.3) is 0 Å². The molecule has 0 aliphatic carbocycles. The Morgan fingerprint density at radius 2 is 2.44 bits per heavy atom. The number of aromatic nitrogens is 2. The van der Waals surface area contributed by atoms with E-state index in [0.29, 0.717) is 6.61 Å². The van der Waals surface area contributed by atoms with E-state index in [0.717, 1.165) is 0 Å². The Labute approximate surface area is 98.0 Å². The molecule has 0 aliphatic heterocycles. The van der Waals surface area contributed by atoms with Gasteiger partial charge in [-0.3, -0.25) is 4.79 Å². The van der Waals surface area contributed by atoms with E-state index in [1.807, 2.05) is 0 Å². The van der Waals surface area contributed by atoms with Crippen LogP contribution in [-0.2, 0) is 9.53 Å². The first kappa shape index (κ1) is 12.3. The van der Waals surface area contributed by atoms with Crippen LogP contribution >= 0.6 is 11.6 Å². The van der Waals surface area contributed by atoms with Gasteiger partial charge in [-0.15, -0.1) is 0 Å². The Kier molecular flexibility index (Phi) is 4.55. The molecule has 0 bridgehead atoms. The summed E-state index contributed by atoms with van der Waals surface area (Å²) < 4.78 is 4.70. The standard InChI is InChI=1S/C10H10ClN3O2/c1-2-16-9(15)5-3-4-7-10(12)13-6-8(11)14-7/h6H,2,5H2,1H3,(H2,12,13). The topological polar surface area (TPSA) is 78.1 Å². The zero-order valence-electron chi connectivity index (χ0n) is 8.66. The average molecular weight is 240 g/mol. The normalized spacial score (nSPS) is 9.12. The molecular formula is C10H10ClN3O2. The number of halogens is 1. The smallest absolute Gasteiger partial charge is 0.317 e. The van der Waals surface area contributed by atoms with Crippen LogP contribution in [0.4, 0.5) is 5.82 Å². The van der Waals surface area contributed by atoms with E-state index in [4.69, 9.17) is 22.1 Å². The molecule has 0 amide bonds. The van der Waals surface area contributed by atoms with Crippen LogP contribution in [0, 0.1) is 11.8 Å². The number of carbonyl (C=O) groups is 1. The molecule has 84 valence electrons. The van der Waals surface area contributed by atoms with Crippen molar-refractivity contribution in [1.82, 2.24) is 9.97 Å². The van der Waals surface area contributed by atoms with E-state index in [-0.39, 0.29) is 29.1 Å². The summed E-state index contributed by atoms with van der Waals surface area (Å²) in [7, 11) is 0. The molecule has 1 aromatic rings. The van der Waals surface area contributed by atoms with Gasteiger partial charge in [0.1, 0.15) is 11.6 Å². The van der Waals surface area contributed by atoms with Crippen molar-refractivity contribution in [2.24, 2.45) is 0 Å². The second-order valence-corrected chi connectivity index (χ2v) is 3.10. The summed E-state index contributed by atoms with van der Waals surface area (Å²) in [5.74, 6) is 4.99. The molecule has 0 spiro atoms. The molecule has 2 N–H and O–H groups in total. The minimum Gasteiger partial charge on any atom is -0.465 e. The zero-order valence-corrected chi connectivity index (χ0v) is 9.41. The van der Waals surface area contributed by atoms with Crippen LogP contribution < -0.4 is 5.73 Å². The first-order valence-corrected chi connectivity index (χ1v) is 4.93. The van der Waals surface area contributed by atoms with Crippen molar-refractivity contribution in [2.45, 2.75) is 13.3 Å². The van der Waals surface area contributed by atoms with Gasteiger partial charge < -0.3 is 10.5 Å². The summed E-state index contributed by atoms with van der Waals surface area (Å²) >= 11 is 5.62. The van der Waals surface area contributed by atoms with Crippen molar-refractivity contribution >= 4 is 23.4 Å². The average Bonchev–Trinajstić information content (AvgIpc) is 2.23. The summed E-state index contributed by atoms with van der Waals surface area (Å²) in [6.45, 7) is 2.06. The number of carbonyl (C=O) groups excluding carboxylic acids is 1. The number of anilines is 1. The number of rotatable bonds is 2. The van der Waals surface area contributed by atoms with Gasteiger partial charge in [0.15, 0.2) is 11.5 Å². The molecule has 0 aliphatic rings. The molecule has 0 atom stereocenters. The van der Waals surface area contributed by atoms with E-state index in [2.05, 4.69) is 21.8 Å². The fourth-order valence-corrected chi connectivity index (χ4v) is 1.01. The van der Waals surface area contributed by atoms with Crippen LogP contribution in [0.15, 0.2) is 6.20 Å². The molecule has 0 unspecified atom stereocenters. The van der Waals surface area contributed by atoms with Crippen molar-refractivity contribution in [1.29, 1.82) is 0 Å². The number of hydrogen-bond donors (Lipinski definition) is 1. The van der Waals surface area contributed by atoms with Crippen molar-refractivity contribution in [3.63, 3.8) is 0 Å². The SMILES string of the molecule is CCOC(=O)CC#Cc1nc(Cl)cnc1N. The van der Waals surface area contributed by atoms with Crippen molar-refractivity contribution in [3.05, 3.63) is 17.0 Å². The van der Waals surface area contributed by atoms with Gasteiger partial charge in [0.05, 0.1) is 12.8 Å². The molecule has 0 fully saturated rings. The minimum absolute atomic E-state index is 0.0124. The third-order valence-corrected chi connectivity index (χ3v) is 1.70. The van der Waals surface area contributed by atoms with E-state index < -0.39 is 0 Å². The van der Waals surface area contributed by atoms with Crippen LogP contribution in [0.5, 0.6) is 0 Å². The van der Waals surface area contributed by atoms with Crippen LogP contribution in [-0.4, -0.2) is 22.5 Å². The van der Waals surface area contributed by atoms with Crippen LogP contribution in [0.2, 0.25) is 5.15 Å². The third-order valence-electron chi connectivity index (χ3n) is 1.52. The zero-order chi connectivity index (χ0) is 12.0. The highest BCUT2D eigenvalue weighted by Gasteiger charge is 2.00. The number of nitrogens with zero attached hydrogens (tertiary/aromatic N) is 2. The molecule has 1 aromatic heterocycles. The molecular weight excluding hydrogens is 230 g/mol. The Hall–Kier alpha value is -1.80. The second-order valence-electron chi connectivity index (χ2n) is 2.71. The predicted molar refractivity (Wildman–Crippen MR) is 59.6 cm³/mol. The molecule has 0 saturated carbocycles. The Balaban J connectivity index is 2.69. The second kappa shape index (κ2) is 5.93. The van der Waals surface area contributed by atoms with Crippen LogP contribution in [0.1, 0.15) is 19.0 Å². The van der Waals surface area contributed by atoms with Gasteiger partial charge in [-0.1, -0.05) is 17.5 Å². The Morgan fingerprint density at radius 1 is 1.69 bits per heavy atom. The van der Waals surface area contributed by atoms with Gasteiger partial charge in [-0.2, -0.15) is 0 Å². The number of nitrogens with two attached hydrogens (primary N) is 1. The van der Waals surface area contributed by atoms with Gasteiger partial charge in [-0.05, 0) is 12.8 Å². The molecule has 16 heavy (non-hydrogen) atoms. The van der Waals surface area contributed by atoms with E-state index in [1.54, 1.807) is 6.92 Å². The lowest BCUT2D eigenvalue weighted by Gasteiger charge is -1.96.